The summed E-state index contributed by atoms with van der Waals surface area (Å²) >= 11 is 3.73. The van der Waals surface area contributed by atoms with Crippen molar-refractivity contribution >= 4 is 21.9 Å². The summed E-state index contributed by atoms with van der Waals surface area (Å²) in [6.45, 7) is 0. The van der Waals surface area contributed by atoms with Crippen LogP contribution < -0.4 is 0 Å². The minimum atomic E-state index is -0.573. The number of carbonyl (C=O) groups is 1. The van der Waals surface area contributed by atoms with Gasteiger partial charge in [0.2, 0.25) is 0 Å². The number of aliphatic carboxylic acids is 1. The van der Waals surface area contributed by atoms with Gasteiger partial charge in [-0.05, 0) is 32.1 Å². The van der Waals surface area contributed by atoms with Gasteiger partial charge in [-0.15, -0.1) is 0 Å². The molecule has 0 saturated heterocycles. The van der Waals surface area contributed by atoms with Gasteiger partial charge in [0.25, 0.3) is 0 Å². The van der Waals surface area contributed by atoms with E-state index in [4.69, 9.17) is 0 Å². The van der Waals surface area contributed by atoms with Crippen LogP contribution in [-0.4, -0.2) is 15.4 Å². The standard InChI is InChI=1S/C10H15BrO2/c11-10-5-1-3-9(7-10,8(12)13)4-2-6-10/h1-7H2,(H,12,13). The number of hydrogen-bond acceptors (Lipinski definition) is 1. The topological polar surface area (TPSA) is 37.3 Å². The predicted molar refractivity (Wildman–Crippen MR) is 54.0 cm³/mol. The Bertz CT molecular complexity index is 227. The maximum Gasteiger partial charge on any atom is 0.309 e. The minimum Gasteiger partial charge on any atom is -0.481 e. The first kappa shape index (κ1) is 9.50. The molecule has 0 unspecified atom stereocenters. The Morgan fingerprint density at radius 3 is 2.08 bits per heavy atom. The van der Waals surface area contributed by atoms with Gasteiger partial charge in [-0.2, -0.15) is 0 Å². The molecule has 0 aliphatic heterocycles. The monoisotopic (exact) mass is 246 g/mol. The van der Waals surface area contributed by atoms with Crippen LogP contribution in [0.5, 0.6) is 0 Å². The van der Waals surface area contributed by atoms with Crippen molar-refractivity contribution in [3.8, 4) is 0 Å². The van der Waals surface area contributed by atoms with E-state index in [1.54, 1.807) is 0 Å². The van der Waals surface area contributed by atoms with Crippen molar-refractivity contribution < 1.29 is 9.90 Å². The van der Waals surface area contributed by atoms with E-state index in [-0.39, 0.29) is 9.74 Å². The molecule has 0 heterocycles. The summed E-state index contributed by atoms with van der Waals surface area (Å²) in [5, 5.41) is 9.23. The molecule has 2 nitrogen and oxygen atoms in total. The maximum atomic E-state index is 11.2. The number of halogens is 1. The zero-order valence-corrected chi connectivity index (χ0v) is 9.27. The van der Waals surface area contributed by atoms with Crippen molar-refractivity contribution in [3.63, 3.8) is 0 Å². The summed E-state index contributed by atoms with van der Waals surface area (Å²) in [5.41, 5.74) is -0.389. The smallest absolute Gasteiger partial charge is 0.309 e. The predicted octanol–water partition coefficient (Wildman–Crippen LogP) is 2.95. The van der Waals surface area contributed by atoms with Crippen LogP contribution in [0.1, 0.15) is 44.9 Å². The first-order valence-electron chi connectivity index (χ1n) is 4.99. The highest BCUT2D eigenvalue weighted by molar-refractivity contribution is 9.10. The lowest BCUT2D eigenvalue weighted by Gasteiger charge is -2.47. The average molecular weight is 247 g/mol. The van der Waals surface area contributed by atoms with Gasteiger partial charge in [0.15, 0.2) is 0 Å². The van der Waals surface area contributed by atoms with E-state index >= 15 is 0 Å². The Labute approximate surface area is 86.8 Å². The summed E-state index contributed by atoms with van der Waals surface area (Å²) in [4.78, 5) is 11.2. The SMILES string of the molecule is O=C(O)C12CCCC(Br)(CCC1)C2. The Morgan fingerprint density at radius 2 is 1.69 bits per heavy atom. The lowest BCUT2D eigenvalue weighted by Crippen LogP contribution is -2.45. The molecule has 3 heteroatoms. The molecule has 2 saturated carbocycles. The van der Waals surface area contributed by atoms with Crippen LogP contribution in [-0.2, 0) is 4.79 Å². The Kier molecular flexibility index (Phi) is 2.17. The molecule has 2 aliphatic carbocycles. The molecule has 13 heavy (non-hydrogen) atoms. The second-order valence-electron chi connectivity index (χ2n) is 4.62. The van der Waals surface area contributed by atoms with E-state index in [0.717, 1.165) is 44.9 Å². The normalized spacial score (nSPS) is 44.4. The summed E-state index contributed by atoms with van der Waals surface area (Å²) in [5.74, 6) is -0.573. The van der Waals surface area contributed by atoms with Gasteiger partial charge in [-0.1, -0.05) is 28.8 Å². The van der Waals surface area contributed by atoms with Crippen LogP contribution in [0.15, 0.2) is 0 Å². The molecule has 0 aromatic rings. The summed E-state index contributed by atoms with van der Waals surface area (Å²) in [7, 11) is 0. The fourth-order valence-corrected chi connectivity index (χ4v) is 4.08. The number of hydrogen-bond donors (Lipinski definition) is 1. The number of rotatable bonds is 1. The molecule has 0 aromatic carbocycles. The molecule has 74 valence electrons. The zero-order valence-electron chi connectivity index (χ0n) is 7.68. The first-order chi connectivity index (χ1) is 6.06. The maximum absolute atomic E-state index is 11.2. The fourth-order valence-electron chi connectivity index (χ4n) is 2.99. The third kappa shape index (κ3) is 1.51. The van der Waals surface area contributed by atoms with Crippen LogP contribution in [0, 0.1) is 5.41 Å². The van der Waals surface area contributed by atoms with Crippen LogP contribution >= 0.6 is 15.9 Å². The van der Waals surface area contributed by atoms with Crippen molar-refractivity contribution in [2.75, 3.05) is 0 Å². The Morgan fingerprint density at radius 1 is 1.15 bits per heavy atom. The molecule has 2 fully saturated rings. The van der Waals surface area contributed by atoms with Crippen molar-refractivity contribution in [3.05, 3.63) is 0 Å². The molecule has 0 aromatic heterocycles. The van der Waals surface area contributed by atoms with Crippen molar-refractivity contribution in [1.82, 2.24) is 0 Å². The van der Waals surface area contributed by atoms with E-state index in [2.05, 4.69) is 15.9 Å². The second-order valence-corrected chi connectivity index (χ2v) is 6.30. The van der Waals surface area contributed by atoms with E-state index in [0.29, 0.717) is 0 Å². The van der Waals surface area contributed by atoms with Crippen molar-refractivity contribution in [1.29, 1.82) is 0 Å². The van der Waals surface area contributed by atoms with Gasteiger partial charge in [0.1, 0.15) is 0 Å². The number of fused-ring (bicyclic) bond motifs is 2. The van der Waals surface area contributed by atoms with E-state index in [9.17, 15) is 9.90 Å². The van der Waals surface area contributed by atoms with Crippen LogP contribution in [0.25, 0.3) is 0 Å². The molecule has 2 bridgehead atoms. The van der Waals surface area contributed by atoms with Crippen molar-refractivity contribution in [2.45, 2.75) is 49.3 Å². The summed E-state index contributed by atoms with van der Waals surface area (Å²) in [6.07, 6.45) is 7.06. The molecular weight excluding hydrogens is 232 g/mol. The lowest BCUT2D eigenvalue weighted by molar-refractivity contribution is -0.153. The third-order valence-electron chi connectivity index (χ3n) is 3.67. The summed E-state index contributed by atoms with van der Waals surface area (Å²) in [6, 6.07) is 0. The number of carboxylic acids is 1. The largest absolute Gasteiger partial charge is 0.481 e. The minimum absolute atomic E-state index is 0.155. The van der Waals surface area contributed by atoms with Crippen LogP contribution in [0.3, 0.4) is 0 Å². The Hall–Kier alpha value is -0.0500. The molecule has 0 amide bonds. The highest BCUT2D eigenvalue weighted by atomic mass is 79.9. The fraction of sp³-hybridized carbons (Fsp3) is 0.900. The van der Waals surface area contributed by atoms with Gasteiger partial charge < -0.3 is 5.11 Å². The van der Waals surface area contributed by atoms with Crippen molar-refractivity contribution in [2.24, 2.45) is 5.41 Å². The molecule has 1 N–H and O–H groups in total. The molecular formula is C10H15BrO2. The van der Waals surface area contributed by atoms with Crippen LogP contribution in [0.2, 0.25) is 0 Å². The number of alkyl halides is 1. The quantitative estimate of drug-likeness (QED) is 0.723. The molecule has 0 spiro atoms. The second kappa shape index (κ2) is 2.97. The highest BCUT2D eigenvalue weighted by Crippen LogP contribution is 2.54. The Balaban J connectivity index is 2.24. The molecule has 2 aliphatic rings. The zero-order chi connectivity index (χ0) is 9.53. The van der Waals surface area contributed by atoms with E-state index in [1.807, 2.05) is 0 Å². The van der Waals surface area contributed by atoms with E-state index < -0.39 is 5.97 Å². The first-order valence-corrected chi connectivity index (χ1v) is 5.78. The van der Waals surface area contributed by atoms with E-state index in [1.165, 1.54) is 0 Å². The van der Waals surface area contributed by atoms with Gasteiger partial charge in [-0.25, -0.2) is 0 Å². The third-order valence-corrected chi connectivity index (χ3v) is 4.74. The molecule has 0 radical (unpaired) electrons. The van der Waals surface area contributed by atoms with Gasteiger partial charge in [0, 0.05) is 4.32 Å². The summed E-state index contributed by atoms with van der Waals surface area (Å²) < 4.78 is 0.155. The van der Waals surface area contributed by atoms with Gasteiger partial charge in [-0.3, -0.25) is 4.79 Å². The highest BCUT2D eigenvalue weighted by Gasteiger charge is 2.50. The average Bonchev–Trinajstić information content (AvgIpc) is 2.02. The number of carboxylic acid groups (broad SMARTS) is 1. The van der Waals surface area contributed by atoms with Gasteiger partial charge in [0.05, 0.1) is 5.41 Å². The molecule has 0 atom stereocenters. The van der Waals surface area contributed by atoms with Crippen LogP contribution in [0.4, 0.5) is 0 Å². The van der Waals surface area contributed by atoms with Gasteiger partial charge >= 0.3 is 5.97 Å². The molecule has 2 rings (SSSR count). The lowest BCUT2D eigenvalue weighted by atomic mass is 9.62.